The van der Waals surface area contributed by atoms with Crippen LogP contribution in [0.5, 0.6) is 11.5 Å². The molecular formula is C59H62N4O. The lowest BCUT2D eigenvalue weighted by molar-refractivity contribution is 0.479. The fourth-order valence-corrected chi connectivity index (χ4v) is 9.01. The number of fused-ring (bicyclic) bond motifs is 3. The van der Waals surface area contributed by atoms with Crippen LogP contribution in [0.25, 0.3) is 38.8 Å². The minimum absolute atomic E-state index is 0.0122. The highest BCUT2D eigenvalue weighted by Crippen LogP contribution is 2.45. The number of hydrogen-bond donors (Lipinski definition) is 0. The van der Waals surface area contributed by atoms with Gasteiger partial charge in [0.1, 0.15) is 17.3 Å². The van der Waals surface area contributed by atoms with Crippen LogP contribution in [0.3, 0.4) is 0 Å². The van der Waals surface area contributed by atoms with E-state index in [9.17, 15) is 0 Å². The predicted octanol–water partition coefficient (Wildman–Crippen LogP) is 15.6. The fraction of sp³-hybridized carbons (Fsp3) is 0.271. The van der Waals surface area contributed by atoms with Crippen LogP contribution in [0.15, 0.2) is 170 Å². The van der Waals surface area contributed by atoms with E-state index in [1.807, 2.05) is 6.20 Å². The van der Waals surface area contributed by atoms with Crippen molar-refractivity contribution in [2.24, 2.45) is 0 Å². The molecular weight excluding hydrogens is 781 g/mol. The highest BCUT2D eigenvalue weighted by atomic mass is 16.5. The van der Waals surface area contributed by atoms with Crippen LogP contribution in [0.2, 0.25) is 0 Å². The summed E-state index contributed by atoms with van der Waals surface area (Å²) >= 11 is 0. The number of nitrogens with zero attached hydrogens (tertiary/aromatic N) is 4. The molecule has 1 aliphatic rings. The Morgan fingerprint density at radius 2 is 1.09 bits per heavy atom. The van der Waals surface area contributed by atoms with Crippen molar-refractivity contribution in [3.63, 3.8) is 0 Å². The maximum Gasteiger partial charge on any atom is 0.137 e. The van der Waals surface area contributed by atoms with E-state index >= 15 is 0 Å². The fourth-order valence-electron chi connectivity index (χ4n) is 9.01. The lowest BCUT2D eigenvalue weighted by atomic mass is 9.80. The average Bonchev–Trinajstić information content (AvgIpc) is 3.87. The van der Waals surface area contributed by atoms with Gasteiger partial charge in [-0.25, -0.2) is 4.98 Å². The molecule has 5 heteroatoms. The molecule has 0 spiro atoms. The minimum atomic E-state index is -0.309. The minimum Gasteiger partial charge on any atom is -0.457 e. The summed E-state index contributed by atoms with van der Waals surface area (Å²) in [5.41, 5.74) is 12.6. The molecule has 0 aliphatic carbocycles. The van der Waals surface area contributed by atoms with E-state index in [-0.39, 0.29) is 21.7 Å². The highest BCUT2D eigenvalue weighted by Gasteiger charge is 2.37. The molecule has 6 aromatic carbocycles. The maximum absolute atomic E-state index is 6.99. The summed E-state index contributed by atoms with van der Waals surface area (Å²) < 4.78 is 9.26. The first-order chi connectivity index (χ1) is 30.3. The first-order valence-electron chi connectivity index (χ1n) is 22.7. The van der Waals surface area contributed by atoms with Gasteiger partial charge in [0, 0.05) is 57.8 Å². The third kappa shape index (κ3) is 8.20. The molecule has 0 bridgehead atoms. The quantitative estimate of drug-likeness (QED) is 0.153. The molecule has 0 atom stereocenters. The lowest BCUT2D eigenvalue weighted by Crippen LogP contribution is -2.34. The second-order valence-electron chi connectivity index (χ2n) is 21.2. The van der Waals surface area contributed by atoms with E-state index in [0.717, 1.165) is 39.4 Å². The van der Waals surface area contributed by atoms with Crippen LogP contribution in [-0.4, -0.2) is 16.2 Å². The molecule has 2 aromatic heterocycles. The Bertz CT molecular complexity index is 3030. The monoisotopic (exact) mass is 842 g/mol. The van der Waals surface area contributed by atoms with Crippen LogP contribution in [0, 0.1) is 0 Å². The van der Waals surface area contributed by atoms with Gasteiger partial charge in [0.25, 0.3) is 0 Å². The predicted molar refractivity (Wildman–Crippen MR) is 270 cm³/mol. The molecule has 0 N–H and O–H groups in total. The number of pyridine rings is 1. The van der Waals surface area contributed by atoms with Gasteiger partial charge in [0.2, 0.25) is 0 Å². The summed E-state index contributed by atoms with van der Waals surface area (Å²) in [6.45, 7) is 25.8. The molecule has 3 heterocycles. The molecule has 0 unspecified atom stereocenters. The Morgan fingerprint density at radius 3 is 1.80 bits per heavy atom. The molecule has 0 saturated heterocycles. The molecule has 0 saturated carbocycles. The summed E-state index contributed by atoms with van der Waals surface area (Å²) in [5.74, 6) is 2.47. The molecule has 1 aliphatic heterocycles. The number of anilines is 2. The molecule has 9 rings (SSSR count). The third-order valence-electron chi connectivity index (χ3n) is 13.0. The molecule has 0 fully saturated rings. The zero-order valence-corrected chi connectivity index (χ0v) is 39.5. The maximum atomic E-state index is 6.99. The number of para-hydroxylation sites is 1. The third-order valence-corrected chi connectivity index (χ3v) is 13.0. The normalized spacial score (nSPS) is 13.8. The largest absolute Gasteiger partial charge is 0.457 e. The second-order valence-corrected chi connectivity index (χ2v) is 21.2. The van der Waals surface area contributed by atoms with Crippen molar-refractivity contribution in [1.82, 2.24) is 9.55 Å². The van der Waals surface area contributed by atoms with Gasteiger partial charge >= 0.3 is 0 Å². The van der Waals surface area contributed by atoms with Crippen LogP contribution in [0.4, 0.5) is 11.4 Å². The van der Waals surface area contributed by atoms with E-state index in [1.54, 1.807) is 0 Å². The lowest BCUT2D eigenvalue weighted by Gasteiger charge is -2.35. The van der Waals surface area contributed by atoms with Crippen molar-refractivity contribution in [3.05, 3.63) is 192 Å². The van der Waals surface area contributed by atoms with E-state index in [1.165, 1.54) is 50.2 Å². The van der Waals surface area contributed by atoms with E-state index in [4.69, 9.17) is 9.72 Å². The van der Waals surface area contributed by atoms with Gasteiger partial charge in [-0.05, 0) is 104 Å². The number of ether oxygens (including phenoxy) is 1. The number of hydrogen-bond acceptors (Lipinski definition) is 4. The van der Waals surface area contributed by atoms with Gasteiger partial charge in [-0.3, -0.25) is 4.57 Å². The zero-order chi connectivity index (χ0) is 45.2. The molecule has 5 nitrogen and oxygen atoms in total. The van der Waals surface area contributed by atoms with E-state index < -0.39 is 0 Å². The first kappa shape index (κ1) is 42.7. The molecule has 8 aromatic rings. The Hall–Kier alpha value is -6.59. The first-order valence-corrected chi connectivity index (χ1v) is 22.7. The van der Waals surface area contributed by atoms with E-state index in [0.29, 0.717) is 6.67 Å². The van der Waals surface area contributed by atoms with Gasteiger partial charge in [-0.2, -0.15) is 0 Å². The van der Waals surface area contributed by atoms with Crippen LogP contribution >= 0.6 is 0 Å². The van der Waals surface area contributed by atoms with Crippen molar-refractivity contribution >= 4 is 33.2 Å². The standard InChI is InChI=1S/C59H62N4O/c1-56(2,3)43-28-29-60-55(35-43)63-52-25-19-18-24-50(52)51-27-26-48(37-53(51)63)64-49-34-45(58(7,8)9)32-46(36-49)61-38-54(59(10,11)42-22-16-13-17-23-42)62(39-61)47-31-41(40-20-14-12-15-21-40)30-44(33-47)57(4,5)6/h12-38H,39H2,1-11H3. The Labute approximate surface area is 380 Å². The number of allylic oxidation sites excluding steroid dienone is 1. The van der Waals surface area contributed by atoms with Gasteiger partial charge in [-0.15, -0.1) is 0 Å². The molecule has 324 valence electrons. The van der Waals surface area contributed by atoms with Crippen LogP contribution < -0.4 is 14.5 Å². The molecule has 0 amide bonds. The molecule has 64 heavy (non-hydrogen) atoms. The number of rotatable bonds is 8. The van der Waals surface area contributed by atoms with Crippen molar-refractivity contribution in [2.45, 2.75) is 97.8 Å². The van der Waals surface area contributed by atoms with Crippen LogP contribution in [0.1, 0.15) is 98.4 Å². The summed E-state index contributed by atoms with van der Waals surface area (Å²) in [4.78, 5) is 9.85. The van der Waals surface area contributed by atoms with Crippen molar-refractivity contribution in [1.29, 1.82) is 0 Å². The highest BCUT2D eigenvalue weighted by molar-refractivity contribution is 6.09. The van der Waals surface area contributed by atoms with Crippen molar-refractivity contribution < 1.29 is 4.74 Å². The topological polar surface area (TPSA) is 33.5 Å². The summed E-state index contributed by atoms with van der Waals surface area (Å²) in [6, 6.07) is 55.0. The Morgan fingerprint density at radius 1 is 0.469 bits per heavy atom. The van der Waals surface area contributed by atoms with Crippen molar-refractivity contribution in [3.8, 4) is 28.4 Å². The van der Waals surface area contributed by atoms with Gasteiger partial charge in [-0.1, -0.05) is 161 Å². The van der Waals surface area contributed by atoms with Crippen LogP contribution in [-0.2, 0) is 21.7 Å². The SMILES string of the molecule is CC(C)(C)c1cc(Oc2ccc3c4ccccc4n(-c4cc(C(C)(C)C)ccn4)c3c2)cc(N2C=C(C(C)(C)c3ccccc3)N(c3cc(-c4ccccc4)cc(C(C)(C)C)c3)C2)c1. The summed E-state index contributed by atoms with van der Waals surface area (Å²) in [5, 5.41) is 2.35. The average molecular weight is 843 g/mol. The summed E-state index contributed by atoms with van der Waals surface area (Å²) in [6.07, 6.45) is 4.30. The van der Waals surface area contributed by atoms with Gasteiger partial charge in [0.15, 0.2) is 0 Å². The van der Waals surface area contributed by atoms with E-state index in [2.05, 4.69) is 248 Å². The Kier molecular flexibility index (Phi) is 10.6. The van der Waals surface area contributed by atoms with Gasteiger partial charge < -0.3 is 14.5 Å². The van der Waals surface area contributed by atoms with Crippen molar-refractivity contribution in [2.75, 3.05) is 16.5 Å². The Balaban J connectivity index is 1.16. The number of aromatic nitrogens is 2. The summed E-state index contributed by atoms with van der Waals surface area (Å²) in [7, 11) is 0. The zero-order valence-electron chi connectivity index (χ0n) is 39.5. The smallest absolute Gasteiger partial charge is 0.137 e. The van der Waals surface area contributed by atoms with Gasteiger partial charge in [0.05, 0.1) is 17.7 Å². The second kappa shape index (κ2) is 15.9. The number of benzene rings is 6. The molecule has 0 radical (unpaired) electrons.